The van der Waals surface area contributed by atoms with Gasteiger partial charge in [0.1, 0.15) is 23.1 Å². The number of phenols is 1. The number of nitriles is 1. The Balaban J connectivity index is 2.15. The van der Waals surface area contributed by atoms with E-state index in [9.17, 15) is 10.4 Å². The Bertz CT molecular complexity index is 899. The summed E-state index contributed by atoms with van der Waals surface area (Å²) in [5.74, 6) is 1.36. The van der Waals surface area contributed by atoms with Gasteiger partial charge < -0.3 is 25.1 Å². The number of benzene rings is 2. The molecule has 3 N–H and O–H groups in total. The van der Waals surface area contributed by atoms with Crippen molar-refractivity contribution in [3.63, 3.8) is 0 Å². The van der Waals surface area contributed by atoms with Crippen LogP contribution in [0.4, 0.5) is 0 Å². The molecule has 3 rings (SSSR count). The maximum Gasteiger partial charge on any atom is 0.205 e. The Morgan fingerprint density at radius 1 is 1.12 bits per heavy atom. The minimum Gasteiger partial charge on any atom is -0.508 e. The Kier molecular flexibility index (Phi) is 4.90. The van der Waals surface area contributed by atoms with Crippen molar-refractivity contribution in [2.24, 2.45) is 5.73 Å². The van der Waals surface area contributed by atoms with Gasteiger partial charge in [-0.1, -0.05) is 12.1 Å². The zero-order valence-electron chi connectivity index (χ0n) is 14.7. The van der Waals surface area contributed by atoms with E-state index in [0.29, 0.717) is 36.0 Å². The van der Waals surface area contributed by atoms with Gasteiger partial charge in [-0.2, -0.15) is 5.26 Å². The molecule has 0 saturated carbocycles. The van der Waals surface area contributed by atoms with E-state index in [0.717, 1.165) is 11.1 Å². The fourth-order valence-electron chi connectivity index (χ4n) is 3.03. The second-order valence-corrected chi connectivity index (χ2v) is 5.72. The van der Waals surface area contributed by atoms with E-state index in [4.69, 9.17) is 19.9 Å². The molecule has 2 aromatic carbocycles. The van der Waals surface area contributed by atoms with Crippen molar-refractivity contribution >= 4 is 0 Å². The molecule has 1 atom stereocenters. The molecule has 1 aliphatic heterocycles. The van der Waals surface area contributed by atoms with Crippen LogP contribution in [-0.4, -0.2) is 18.3 Å². The van der Waals surface area contributed by atoms with Crippen molar-refractivity contribution in [3.8, 4) is 29.1 Å². The third-order valence-electron chi connectivity index (χ3n) is 4.10. The molecule has 0 amide bonds. The van der Waals surface area contributed by atoms with Gasteiger partial charge in [0, 0.05) is 11.6 Å². The Morgan fingerprint density at radius 3 is 2.54 bits per heavy atom. The van der Waals surface area contributed by atoms with Gasteiger partial charge in [0.05, 0.1) is 19.1 Å². The highest BCUT2D eigenvalue weighted by molar-refractivity contribution is 5.58. The van der Waals surface area contributed by atoms with E-state index in [1.807, 2.05) is 32.0 Å². The van der Waals surface area contributed by atoms with Crippen molar-refractivity contribution in [2.45, 2.75) is 19.8 Å². The molecule has 6 nitrogen and oxygen atoms in total. The summed E-state index contributed by atoms with van der Waals surface area (Å²) < 4.78 is 16.8. The molecule has 0 fully saturated rings. The number of allylic oxidation sites excluding steroid dienone is 1. The summed E-state index contributed by atoms with van der Waals surface area (Å²) in [6, 6.07) is 12.5. The van der Waals surface area contributed by atoms with E-state index < -0.39 is 5.92 Å². The molecular weight excluding hydrogens is 332 g/mol. The fourth-order valence-corrected chi connectivity index (χ4v) is 3.03. The van der Waals surface area contributed by atoms with Gasteiger partial charge in [-0.25, -0.2) is 0 Å². The first-order valence-electron chi connectivity index (χ1n) is 8.39. The number of nitrogens with two attached hydrogens (primary N) is 1. The monoisotopic (exact) mass is 352 g/mol. The fraction of sp³-hybridized carbons (Fsp3) is 0.250. The molecule has 0 spiro atoms. The van der Waals surface area contributed by atoms with E-state index in [1.165, 1.54) is 6.07 Å². The summed E-state index contributed by atoms with van der Waals surface area (Å²) in [5, 5.41) is 19.3. The summed E-state index contributed by atoms with van der Waals surface area (Å²) in [6.45, 7) is 4.82. The lowest BCUT2D eigenvalue weighted by atomic mass is 9.83. The number of hydrogen-bond acceptors (Lipinski definition) is 6. The zero-order chi connectivity index (χ0) is 18.7. The van der Waals surface area contributed by atoms with Crippen LogP contribution in [0.1, 0.15) is 30.9 Å². The van der Waals surface area contributed by atoms with Gasteiger partial charge in [0.2, 0.25) is 5.88 Å². The van der Waals surface area contributed by atoms with Crippen molar-refractivity contribution in [1.82, 2.24) is 0 Å². The predicted molar refractivity (Wildman–Crippen MR) is 96.2 cm³/mol. The van der Waals surface area contributed by atoms with E-state index in [2.05, 4.69) is 6.07 Å². The second-order valence-electron chi connectivity index (χ2n) is 5.72. The lowest BCUT2D eigenvalue weighted by Gasteiger charge is -2.27. The second kappa shape index (κ2) is 7.28. The van der Waals surface area contributed by atoms with Crippen LogP contribution >= 0.6 is 0 Å². The van der Waals surface area contributed by atoms with Crippen LogP contribution in [0.15, 0.2) is 47.9 Å². The largest absolute Gasteiger partial charge is 0.508 e. The Morgan fingerprint density at radius 2 is 1.85 bits per heavy atom. The summed E-state index contributed by atoms with van der Waals surface area (Å²) in [5.41, 5.74) is 7.84. The molecule has 1 heterocycles. The smallest absolute Gasteiger partial charge is 0.205 e. The highest BCUT2D eigenvalue weighted by Gasteiger charge is 2.31. The number of nitrogens with zero attached hydrogens (tertiary/aromatic N) is 1. The predicted octanol–water partition coefficient (Wildman–Crippen LogP) is 3.41. The van der Waals surface area contributed by atoms with Crippen LogP contribution in [0.3, 0.4) is 0 Å². The SMILES string of the molecule is CCOc1ccc([C@@H]2C(C#N)=C(N)Oc3cc(O)ccc32)cc1OCC. The molecule has 26 heavy (non-hydrogen) atoms. The van der Waals surface area contributed by atoms with E-state index in [-0.39, 0.29) is 11.6 Å². The van der Waals surface area contributed by atoms with Gasteiger partial charge in [-0.15, -0.1) is 0 Å². The first kappa shape index (κ1) is 17.5. The average Bonchev–Trinajstić information content (AvgIpc) is 2.62. The number of hydrogen-bond donors (Lipinski definition) is 2. The normalized spacial score (nSPS) is 15.7. The maximum atomic E-state index is 9.73. The molecule has 0 bridgehead atoms. The highest BCUT2D eigenvalue weighted by atomic mass is 16.5. The van der Waals surface area contributed by atoms with Crippen LogP contribution < -0.4 is 19.9 Å². The molecule has 0 unspecified atom stereocenters. The molecule has 0 aromatic heterocycles. The molecule has 0 radical (unpaired) electrons. The van der Waals surface area contributed by atoms with E-state index in [1.54, 1.807) is 12.1 Å². The number of phenolic OH excluding ortho intramolecular Hbond substituents is 1. The van der Waals surface area contributed by atoms with Gasteiger partial charge in [-0.3, -0.25) is 0 Å². The van der Waals surface area contributed by atoms with Crippen molar-refractivity contribution in [1.29, 1.82) is 5.26 Å². The molecular formula is C20H20N2O4. The van der Waals surface area contributed by atoms with Crippen LogP contribution in [0.2, 0.25) is 0 Å². The molecule has 0 saturated heterocycles. The van der Waals surface area contributed by atoms with Crippen LogP contribution in [0, 0.1) is 11.3 Å². The molecule has 1 aliphatic rings. The van der Waals surface area contributed by atoms with Crippen molar-refractivity contribution in [3.05, 3.63) is 59.0 Å². The van der Waals surface area contributed by atoms with Gasteiger partial charge >= 0.3 is 0 Å². The first-order chi connectivity index (χ1) is 12.6. The Hall–Kier alpha value is -3.33. The summed E-state index contributed by atoms with van der Waals surface area (Å²) in [6.07, 6.45) is 0. The molecule has 6 heteroatoms. The third-order valence-corrected chi connectivity index (χ3v) is 4.10. The van der Waals surface area contributed by atoms with Gasteiger partial charge in [-0.05, 0) is 37.6 Å². The van der Waals surface area contributed by atoms with Crippen molar-refractivity contribution in [2.75, 3.05) is 13.2 Å². The molecule has 134 valence electrons. The average molecular weight is 352 g/mol. The maximum absolute atomic E-state index is 9.73. The van der Waals surface area contributed by atoms with Crippen LogP contribution in [0.25, 0.3) is 0 Å². The topological polar surface area (TPSA) is 97.7 Å². The number of ether oxygens (including phenoxy) is 3. The molecule has 0 aliphatic carbocycles. The summed E-state index contributed by atoms with van der Waals surface area (Å²) in [7, 11) is 0. The van der Waals surface area contributed by atoms with Crippen LogP contribution in [0.5, 0.6) is 23.0 Å². The first-order valence-corrected chi connectivity index (χ1v) is 8.39. The van der Waals surface area contributed by atoms with Gasteiger partial charge in [0.15, 0.2) is 11.5 Å². The van der Waals surface area contributed by atoms with E-state index >= 15 is 0 Å². The highest BCUT2D eigenvalue weighted by Crippen LogP contribution is 2.44. The quantitative estimate of drug-likeness (QED) is 0.856. The lowest BCUT2D eigenvalue weighted by molar-refractivity contribution is 0.287. The lowest BCUT2D eigenvalue weighted by Crippen LogP contribution is -2.21. The van der Waals surface area contributed by atoms with Crippen molar-refractivity contribution < 1.29 is 19.3 Å². The minimum absolute atomic E-state index is 0.0300. The number of rotatable bonds is 5. The van der Waals surface area contributed by atoms with Gasteiger partial charge in [0.25, 0.3) is 0 Å². The minimum atomic E-state index is -0.417. The third kappa shape index (κ3) is 3.11. The summed E-state index contributed by atoms with van der Waals surface area (Å²) in [4.78, 5) is 0. The number of aromatic hydroxyl groups is 1. The standard InChI is InChI=1S/C20H20N2O4/c1-3-24-16-8-5-12(9-18(16)25-4-2)19-14-7-6-13(23)10-17(14)26-20(22)15(19)11-21/h5-10,19,23H,3-4,22H2,1-2H3/t19-/m0/s1. The van der Waals surface area contributed by atoms with Crippen LogP contribution in [-0.2, 0) is 0 Å². The zero-order valence-corrected chi connectivity index (χ0v) is 14.7. The summed E-state index contributed by atoms with van der Waals surface area (Å²) >= 11 is 0. The number of fused-ring (bicyclic) bond motifs is 1. The Labute approximate surface area is 152 Å². The molecule has 2 aromatic rings.